The summed E-state index contributed by atoms with van der Waals surface area (Å²) >= 11 is 0. The Bertz CT molecular complexity index is 17.1. The van der Waals surface area contributed by atoms with Crippen molar-refractivity contribution < 1.29 is 49.9 Å². The summed E-state index contributed by atoms with van der Waals surface area (Å²) in [5, 5.41) is 0. The molecular weight excluding hydrogens is 365 g/mol. The summed E-state index contributed by atoms with van der Waals surface area (Å²) in [5.41, 5.74) is 0. The first kappa shape index (κ1) is 724. The van der Waals surface area contributed by atoms with E-state index in [4.69, 9.17) is 0 Å². The predicted molar refractivity (Wildman–Crippen MR) is 65.2 cm³/mol. The van der Waals surface area contributed by atoms with Gasteiger partial charge in [-0.25, -0.2) is 0 Å². The minimum Gasteiger partial charge on any atom is -0.412 e. The maximum absolute atomic E-state index is 0. The Hall–Kier alpha value is 2.02. The Labute approximate surface area is 124 Å². The smallest absolute Gasteiger partial charge is 0 e. The van der Waals surface area contributed by atoms with E-state index < -0.39 is 0 Å². The zero-order valence-electron chi connectivity index (χ0n) is 5.80. The van der Waals surface area contributed by atoms with Crippen LogP contribution in [-0.4, -0.2) is 32.9 Å². The van der Waals surface area contributed by atoms with E-state index in [1.807, 2.05) is 0 Å². The van der Waals surface area contributed by atoms with Crippen LogP contribution in [0.25, 0.3) is 0 Å². The Morgan fingerprint density at radius 3 is 0.231 bits per heavy atom. The van der Waals surface area contributed by atoms with Crippen LogP contribution in [0.1, 0.15) is 0 Å². The van der Waals surface area contributed by atoms with Crippen molar-refractivity contribution in [3.63, 3.8) is 0 Å². The van der Waals surface area contributed by atoms with Gasteiger partial charge in [-0.2, -0.15) is 0 Å². The Balaban J connectivity index is 0. The second-order valence-corrected chi connectivity index (χ2v) is 0. The molecule has 0 aliphatic heterocycles. The van der Waals surface area contributed by atoms with E-state index in [0.29, 0.717) is 0 Å². The minimum atomic E-state index is 0. The van der Waals surface area contributed by atoms with E-state index in [9.17, 15) is 0 Å². The standard InChI is InChI=1S/6ClH.Fe.6H2O/h6*1H;;6*1H2. The fourth-order valence-electron chi connectivity index (χ4n) is 0. The molecule has 12 N–H and O–H groups in total. The molecule has 104 valence electrons. The molecule has 0 aromatic carbocycles. The second-order valence-electron chi connectivity index (χ2n) is 0. The van der Waals surface area contributed by atoms with Gasteiger partial charge in [0.15, 0.2) is 0 Å². The summed E-state index contributed by atoms with van der Waals surface area (Å²) in [5.74, 6) is 0. The second kappa shape index (κ2) is 583. The molecule has 0 saturated carbocycles. The van der Waals surface area contributed by atoms with Gasteiger partial charge in [0.25, 0.3) is 0 Å². The Morgan fingerprint density at radius 2 is 0.231 bits per heavy atom. The molecular formula is H18Cl6FeO6. The maximum atomic E-state index is 0. The van der Waals surface area contributed by atoms with Gasteiger partial charge in [-0.3, -0.25) is 0 Å². The number of rotatable bonds is 0. The van der Waals surface area contributed by atoms with Crippen LogP contribution >= 0.6 is 74.4 Å². The average molecular weight is 383 g/mol. The first-order valence-electron chi connectivity index (χ1n) is 0. The van der Waals surface area contributed by atoms with Crippen molar-refractivity contribution in [1.29, 1.82) is 0 Å². The van der Waals surface area contributed by atoms with Crippen molar-refractivity contribution in [2.75, 3.05) is 0 Å². The fraction of sp³-hybridized carbons (Fsp3) is 0. The Morgan fingerprint density at radius 1 is 0.231 bits per heavy atom. The summed E-state index contributed by atoms with van der Waals surface area (Å²) in [6.45, 7) is 0. The molecule has 0 amide bonds. The SMILES string of the molecule is Cl.Cl.Cl.Cl.Cl.Cl.O.O.O.O.O.O.[Fe]. The molecule has 0 aromatic heterocycles. The van der Waals surface area contributed by atoms with Crippen LogP contribution in [0.5, 0.6) is 0 Å². The van der Waals surface area contributed by atoms with Crippen LogP contribution in [0, 0.1) is 0 Å². The van der Waals surface area contributed by atoms with E-state index >= 15 is 0 Å². The summed E-state index contributed by atoms with van der Waals surface area (Å²) in [7, 11) is 0. The molecule has 0 aliphatic carbocycles. The molecule has 0 saturated heterocycles. The normalized spacial score (nSPS) is 0. The fourth-order valence-corrected chi connectivity index (χ4v) is 0. The van der Waals surface area contributed by atoms with Crippen LogP contribution in [0.15, 0.2) is 0 Å². The summed E-state index contributed by atoms with van der Waals surface area (Å²) < 4.78 is 0. The summed E-state index contributed by atoms with van der Waals surface area (Å²) in [4.78, 5) is 0. The minimum absolute atomic E-state index is 0. The quantitative estimate of drug-likeness (QED) is 0.403. The third kappa shape index (κ3) is 497. The van der Waals surface area contributed by atoms with Gasteiger partial charge in [-0.05, 0) is 0 Å². The molecule has 0 rings (SSSR count). The average Bonchev–Trinajstić information content (AvgIpc) is 0. The summed E-state index contributed by atoms with van der Waals surface area (Å²) in [6, 6.07) is 0. The van der Waals surface area contributed by atoms with E-state index in [2.05, 4.69) is 0 Å². The zero-order chi connectivity index (χ0) is 0. The molecule has 0 unspecified atom stereocenters. The number of hydrogen-bond donors (Lipinski definition) is 0. The summed E-state index contributed by atoms with van der Waals surface area (Å²) in [6.07, 6.45) is 0. The van der Waals surface area contributed by atoms with E-state index in [-0.39, 0.29) is 124 Å². The predicted octanol–water partition coefficient (Wildman–Crippen LogP) is -2.42. The molecule has 0 bridgehead atoms. The first-order chi connectivity index (χ1) is 0. The molecule has 0 spiro atoms. The van der Waals surface area contributed by atoms with Crippen molar-refractivity contribution >= 4 is 74.4 Å². The Kier molecular flexibility index (Phi) is 32400. The van der Waals surface area contributed by atoms with Crippen LogP contribution in [-0.2, 0) is 17.1 Å². The van der Waals surface area contributed by atoms with Crippen LogP contribution in [0.4, 0.5) is 0 Å². The van der Waals surface area contributed by atoms with E-state index in [0.717, 1.165) is 0 Å². The van der Waals surface area contributed by atoms with Gasteiger partial charge >= 0.3 is 0 Å². The zero-order valence-corrected chi connectivity index (χ0v) is 11.8. The molecule has 6 nitrogen and oxygen atoms in total. The van der Waals surface area contributed by atoms with Gasteiger partial charge in [0, 0.05) is 17.1 Å². The topological polar surface area (TPSA) is 189 Å². The van der Waals surface area contributed by atoms with Gasteiger partial charge in [-0.15, -0.1) is 74.4 Å². The molecule has 0 aliphatic rings. The van der Waals surface area contributed by atoms with Crippen LogP contribution < -0.4 is 0 Å². The molecule has 0 heterocycles. The van der Waals surface area contributed by atoms with Crippen molar-refractivity contribution in [2.24, 2.45) is 0 Å². The third-order valence-corrected chi connectivity index (χ3v) is 0. The molecule has 0 atom stereocenters. The molecule has 0 aromatic rings. The molecule has 0 radical (unpaired) electrons. The van der Waals surface area contributed by atoms with Crippen molar-refractivity contribution in [3.8, 4) is 0 Å². The molecule has 13 heavy (non-hydrogen) atoms. The number of halogens is 6. The first-order valence-corrected chi connectivity index (χ1v) is 0. The van der Waals surface area contributed by atoms with Crippen molar-refractivity contribution in [2.45, 2.75) is 0 Å². The van der Waals surface area contributed by atoms with Gasteiger partial charge in [0.05, 0.1) is 0 Å². The number of hydrogen-bond acceptors (Lipinski definition) is 0. The largest absolute Gasteiger partial charge is 0.412 e. The van der Waals surface area contributed by atoms with Crippen molar-refractivity contribution in [1.82, 2.24) is 0 Å². The monoisotopic (exact) mass is 380 g/mol. The van der Waals surface area contributed by atoms with Crippen molar-refractivity contribution in [3.05, 3.63) is 0 Å². The van der Waals surface area contributed by atoms with Gasteiger partial charge in [0.1, 0.15) is 0 Å². The maximum Gasteiger partial charge on any atom is 0 e. The molecule has 13 heteroatoms. The van der Waals surface area contributed by atoms with Crippen LogP contribution in [0.3, 0.4) is 0 Å². The molecule has 0 fully saturated rings. The van der Waals surface area contributed by atoms with Gasteiger partial charge in [-0.1, -0.05) is 0 Å². The van der Waals surface area contributed by atoms with E-state index in [1.165, 1.54) is 0 Å². The third-order valence-electron chi connectivity index (χ3n) is 0. The van der Waals surface area contributed by atoms with Gasteiger partial charge < -0.3 is 32.9 Å². The van der Waals surface area contributed by atoms with Crippen LogP contribution in [0.2, 0.25) is 0 Å². The van der Waals surface area contributed by atoms with Gasteiger partial charge in [0.2, 0.25) is 0 Å². The van der Waals surface area contributed by atoms with E-state index in [1.54, 1.807) is 0 Å².